The van der Waals surface area contributed by atoms with Crippen molar-refractivity contribution >= 4 is 17.5 Å². The van der Waals surface area contributed by atoms with Gasteiger partial charge in [0.1, 0.15) is 5.56 Å². The molecule has 0 aliphatic carbocycles. The van der Waals surface area contributed by atoms with Crippen LogP contribution in [0.1, 0.15) is 21.6 Å². The maximum absolute atomic E-state index is 12.5. The van der Waals surface area contributed by atoms with Crippen LogP contribution in [0.5, 0.6) is 0 Å². The van der Waals surface area contributed by atoms with Gasteiger partial charge in [0.25, 0.3) is 11.5 Å². The number of pyridine rings is 1. The number of halogens is 1. The number of carbonyl (C=O) groups excluding carboxylic acids is 1. The molecule has 0 spiro atoms. The molecule has 5 nitrogen and oxygen atoms in total. The number of H-pyrrole nitrogens is 1. The van der Waals surface area contributed by atoms with E-state index in [4.69, 9.17) is 11.6 Å². The summed E-state index contributed by atoms with van der Waals surface area (Å²) >= 11 is 6.02. The van der Waals surface area contributed by atoms with E-state index in [9.17, 15) is 9.59 Å². The van der Waals surface area contributed by atoms with Crippen LogP contribution in [0.2, 0.25) is 5.02 Å². The third-order valence-corrected chi connectivity index (χ3v) is 4.48. The molecular weight excluding hydrogens is 326 g/mol. The van der Waals surface area contributed by atoms with Gasteiger partial charge < -0.3 is 9.88 Å². The minimum absolute atomic E-state index is 0.196. The molecule has 2 aromatic rings. The van der Waals surface area contributed by atoms with E-state index in [1.165, 1.54) is 0 Å². The van der Waals surface area contributed by atoms with Gasteiger partial charge in [-0.2, -0.15) is 0 Å². The largest absolute Gasteiger partial charge is 0.336 e. The number of hydrogen-bond acceptors (Lipinski definition) is 3. The SMILES string of the molecule is Cc1ccc(C(=O)N2CCN(Cc3cccc(Cl)c3)CC2)c(=O)[nH]1. The molecule has 0 radical (unpaired) electrons. The van der Waals surface area contributed by atoms with Gasteiger partial charge in [-0.15, -0.1) is 0 Å². The van der Waals surface area contributed by atoms with Crippen molar-refractivity contribution in [3.8, 4) is 0 Å². The molecule has 1 amide bonds. The van der Waals surface area contributed by atoms with Gasteiger partial charge in [0.05, 0.1) is 0 Å². The van der Waals surface area contributed by atoms with Crippen molar-refractivity contribution in [2.24, 2.45) is 0 Å². The minimum Gasteiger partial charge on any atom is -0.336 e. The van der Waals surface area contributed by atoms with Gasteiger partial charge in [0.15, 0.2) is 0 Å². The summed E-state index contributed by atoms with van der Waals surface area (Å²) in [4.78, 5) is 31.2. The molecule has 1 aliphatic heterocycles. The van der Waals surface area contributed by atoms with Gasteiger partial charge in [0.2, 0.25) is 0 Å². The topological polar surface area (TPSA) is 56.4 Å². The van der Waals surface area contributed by atoms with E-state index in [1.54, 1.807) is 24.0 Å². The number of piperazine rings is 1. The number of amides is 1. The second-order valence-electron chi connectivity index (χ2n) is 6.08. The van der Waals surface area contributed by atoms with Crippen LogP contribution in [-0.2, 0) is 6.54 Å². The number of aryl methyl sites for hydroxylation is 1. The van der Waals surface area contributed by atoms with E-state index in [0.29, 0.717) is 13.1 Å². The summed E-state index contributed by atoms with van der Waals surface area (Å²) in [6, 6.07) is 11.2. The average molecular weight is 346 g/mol. The highest BCUT2D eigenvalue weighted by molar-refractivity contribution is 6.30. The Kier molecular flexibility index (Phi) is 5.02. The lowest BCUT2D eigenvalue weighted by atomic mass is 10.1. The average Bonchev–Trinajstić information content (AvgIpc) is 2.55. The first-order chi connectivity index (χ1) is 11.5. The summed E-state index contributed by atoms with van der Waals surface area (Å²) in [5.41, 5.74) is 1.81. The van der Waals surface area contributed by atoms with Crippen molar-refractivity contribution in [1.82, 2.24) is 14.8 Å². The molecule has 1 saturated heterocycles. The van der Waals surface area contributed by atoms with Crippen molar-refractivity contribution in [3.63, 3.8) is 0 Å². The van der Waals surface area contributed by atoms with Gasteiger partial charge in [-0.25, -0.2) is 0 Å². The summed E-state index contributed by atoms with van der Waals surface area (Å²) in [6.45, 7) is 5.40. The number of rotatable bonds is 3. The number of benzene rings is 1. The van der Waals surface area contributed by atoms with E-state index in [-0.39, 0.29) is 17.0 Å². The van der Waals surface area contributed by atoms with Gasteiger partial charge in [0, 0.05) is 43.4 Å². The number of aromatic nitrogens is 1. The summed E-state index contributed by atoms with van der Waals surface area (Å²) in [6.07, 6.45) is 0. The number of nitrogens with one attached hydrogen (secondary N) is 1. The van der Waals surface area contributed by atoms with Crippen LogP contribution in [0.4, 0.5) is 0 Å². The Morgan fingerprint density at radius 2 is 1.92 bits per heavy atom. The van der Waals surface area contributed by atoms with Crippen molar-refractivity contribution in [2.45, 2.75) is 13.5 Å². The first kappa shape index (κ1) is 16.7. The van der Waals surface area contributed by atoms with Gasteiger partial charge in [-0.3, -0.25) is 14.5 Å². The number of hydrogen-bond donors (Lipinski definition) is 1. The van der Waals surface area contributed by atoms with Crippen LogP contribution in [-0.4, -0.2) is 46.9 Å². The molecule has 0 bridgehead atoms. The van der Waals surface area contributed by atoms with E-state index < -0.39 is 0 Å². The third-order valence-electron chi connectivity index (χ3n) is 4.24. The van der Waals surface area contributed by atoms with Crippen molar-refractivity contribution in [2.75, 3.05) is 26.2 Å². The zero-order valence-electron chi connectivity index (χ0n) is 13.6. The molecule has 0 saturated carbocycles. The van der Waals surface area contributed by atoms with Crippen molar-refractivity contribution in [3.05, 3.63) is 68.6 Å². The van der Waals surface area contributed by atoms with Crippen LogP contribution in [0.25, 0.3) is 0 Å². The highest BCUT2D eigenvalue weighted by Crippen LogP contribution is 2.14. The third kappa shape index (κ3) is 3.86. The van der Waals surface area contributed by atoms with E-state index in [2.05, 4.69) is 16.0 Å². The fourth-order valence-corrected chi connectivity index (χ4v) is 3.13. The smallest absolute Gasteiger partial charge is 0.260 e. The van der Waals surface area contributed by atoms with Gasteiger partial charge in [-0.05, 0) is 36.8 Å². The molecule has 2 heterocycles. The van der Waals surface area contributed by atoms with Crippen LogP contribution in [0.3, 0.4) is 0 Å². The van der Waals surface area contributed by atoms with Crippen molar-refractivity contribution < 1.29 is 4.79 Å². The quantitative estimate of drug-likeness (QED) is 0.928. The fraction of sp³-hybridized carbons (Fsp3) is 0.333. The molecule has 1 aromatic carbocycles. The predicted molar refractivity (Wildman–Crippen MR) is 94.4 cm³/mol. The first-order valence-electron chi connectivity index (χ1n) is 7.99. The molecule has 1 fully saturated rings. The second kappa shape index (κ2) is 7.20. The molecule has 1 aliphatic rings. The van der Waals surface area contributed by atoms with Gasteiger partial charge in [-0.1, -0.05) is 23.7 Å². The Bertz CT molecular complexity index is 795. The van der Waals surface area contributed by atoms with Crippen LogP contribution in [0, 0.1) is 6.92 Å². The van der Waals surface area contributed by atoms with E-state index >= 15 is 0 Å². The number of carbonyl (C=O) groups is 1. The minimum atomic E-state index is -0.318. The predicted octanol–water partition coefficient (Wildman–Crippen LogP) is 2.29. The number of nitrogens with zero attached hydrogens (tertiary/aromatic N) is 2. The lowest BCUT2D eigenvalue weighted by Gasteiger charge is -2.34. The molecule has 1 N–H and O–H groups in total. The van der Waals surface area contributed by atoms with Crippen LogP contribution in [0.15, 0.2) is 41.2 Å². The van der Waals surface area contributed by atoms with E-state index in [1.807, 2.05) is 18.2 Å². The molecule has 1 aromatic heterocycles. The van der Waals surface area contributed by atoms with Gasteiger partial charge >= 0.3 is 0 Å². The monoisotopic (exact) mass is 345 g/mol. The molecule has 24 heavy (non-hydrogen) atoms. The normalized spacial score (nSPS) is 15.5. The highest BCUT2D eigenvalue weighted by Gasteiger charge is 2.23. The van der Waals surface area contributed by atoms with Crippen LogP contribution >= 0.6 is 11.6 Å². The maximum Gasteiger partial charge on any atom is 0.260 e. The molecule has 6 heteroatoms. The highest BCUT2D eigenvalue weighted by atomic mass is 35.5. The lowest BCUT2D eigenvalue weighted by Crippen LogP contribution is -2.49. The molecule has 0 atom stereocenters. The fourth-order valence-electron chi connectivity index (χ4n) is 2.91. The Balaban J connectivity index is 1.60. The lowest BCUT2D eigenvalue weighted by molar-refractivity contribution is 0.0626. The van der Waals surface area contributed by atoms with E-state index in [0.717, 1.165) is 35.9 Å². The first-order valence-corrected chi connectivity index (χ1v) is 8.37. The summed E-state index contributed by atoms with van der Waals surface area (Å²) < 4.78 is 0. The molecule has 3 rings (SSSR count). The molecular formula is C18H20ClN3O2. The second-order valence-corrected chi connectivity index (χ2v) is 6.52. The maximum atomic E-state index is 12.5. The summed E-state index contributed by atoms with van der Waals surface area (Å²) in [7, 11) is 0. The van der Waals surface area contributed by atoms with Crippen molar-refractivity contribution in [1.29, 1.82) is 0 Å². The Labute approximate surface area is 145 Å². The zero-order chi connectivity index (χ0) is 17.1. The Hall–Kier alpha value is -2.11. The number of aromatic amines is 1. The zero-order valence-corrected chi connectivity index (χ0v) is 14.3. The molecule has 126 valence electrons. The molecule has 0 unspecified atom stereocenters. The standard InChI is InChI=1S/C18H20ClN3O2/c1-13-5-6-16(17(23)20-13)18(24)22-9-7-21(8-10-22)12-14-3-2-4-15(19)11-14/h2-6,11H,7-10,12H2,1H3,(H,20,23). The summed E-state index contributed by atoms with van der Waals surface area (Å²) in [5.74, 6) is -0.196. The van der Waals surface area contributed by atoms with Crippen LogP contribution < -0.4 is 5.56 Å². The Morgan fingerprint density at radius 1 is 1.17 bits per heavy atom. The Morgan fingerprint density at radius 3 is 2.58 bits per heavy atom. The summed E-state index contributed by atoms with van der Waals surface area (Å²) in [5, 5.41) is 0.736.